The normalized spacial score (nSPS) is 14.5. The van der Waals surface area contributed by atoms with E-state index >= 15 is 0 Å². The van der Waals surface area contributed by atoms with E-state index < -0.39 is 61.1 Å². The Morgan fingerprint density at radius 1 is 0.971 bits per heavy atom. The Hall–Kier alpha value is -3.13. The molecule has 35 heavy (non-hydrogen) atoms. The summed E-state index contributed by atoms with van der Waals surface area (Å²) < 4.78 is 0. The minimum atomic E-state index is -1.53. The summed E-state index contributed by atoms with van der Waals surface area (Å²) in [6, 6.07) is 2.36. The summed E-state index contributed by atoms with van der Waals surface area (Å²) in [6.45, 7) is -1.44. The highest BCUT2D eigenvalue weighted by Gasteiger charge is 2.30. The number of rotatable bonds is 14. The molecule has 4 atom stereocenters. The minimum absolute atomic E-state index is 0.0605. The number of thioether (sulfide) groups is 1. The van der Waals surface area contributed by atoms with Crippen molar-refractivity contribution in [3.8, 4) is 0 Å². The van der Waals surface area contributed by atoms with Crippen LogP contribution in [-0.2, 0) is 25.6 Å². The van der Waals surface area contributed by atoms with Crippen LogP contribution in [0.25, 0.3) is 10.9 Å². The van der Waals surface area contributed by atoms with Gasteiger partial charge in [-0.3, -0.25) is 14.4 Å². The molecule has 0 aliphatic carbocycles. The lowest BCUT2D eigenvalue weighted by molar-refractivity contribution is -0.143. The molecule has 1 aromatic heterocycles. The summed E-state index contributed by atoms with van der Waals surface area (Å²) in [5.74, 6) is -3.16. The van der Waals surface area contributed by atoms with Gasteiger partial charge in [-0.15, -0.1) is 0 Å². The zero-order chi connectivity index (χ0) is 26.0. The zero-order valence-corrected chi connectivity index (χ0v) is 20.0. The number of nitrogens with one attached hydrogen (secondary N) is 4. The lowest BCUT2D eigenvalue weighted by Gasteiger charge is -2.24. The summed E-state index contributed by atoms with van der Waals surface area (Å²) in [4.78, 5) is 52.6. The number of nitrogens with two attached hydrogens (primary N) is 1. The molecule has 0 fully saturated rings. The van der Waals surface area contributed by atoms with E-state index in [2.05, 4.69) is 20.9 Å². The smallest absolute Gasteiger partial charge is 0.328 e. The third-order valence-corrected chi connectivity index (χ3v) is 5.95. The van der Waals surface area contributed by atoms with Gasteiger partial charge in [-0.05, 0) is 30.1 Å². The van der Waals surface area contributed by atoms with Gasteiger partial charge in [0.2, 0.25) is 17.7 Å². The number of aliphatic hydroxyl groups is 2. The number of hydrogen-bond donors (Lipinski definition) is 8. The van der Waals surface area contributed by atoms with Crippen molar-refractivity contribution < 1.29 is 34.5 Å². The van der Waals surface area contributed by atoms with E-state index in [9.17, 15) is 29.4 Å². The third-order valence-electron chi connectivity index (χ3n) is 5.31. The Kier molecular flexibility index (Phi) is 11.0. The fourth-order valence-corrected chi connectivity index (χ4v) is 3.80. The Morgan fingerprint density at radius 2 is 1.60 bits per heavy atom. The molecular weight excluding hydrogens is 478 g/mol. The van der Waals surface area contributed by atoms with Gasteiger partial charge in [0.25, 0.3) is 0 Å². The second kappa shape index (κ2) is 13.7. The van der Waals surface area contributed by atoms with Crippen molar-refractivity contribution in [3.63, 3.8) is 0 Å². The molecule has 0 saturated heterocycles. The molecular formula is C22H31N5O7S. The number of fused-ring (bicyclic) bond motifs is 1. The Balaban J connectivity index is 2.26. The average Bonchev–Trinajstić information content (AvgIpc) is 3.26. The quantitative estimate of drug-likeness (QED) is 0.146. The number of carboxylic acid groups (broad SMARTS) is 1. The molecule has 9 N–H and O–H groups in total. The third kappa shape index (κ3) is 7.96. The van der Waals surface area contributed by atoms with Gasteiger partial charge in [0, 0.05) is 23.5 Å². The molecule has 0 aliphatic rings. The second-order valence-corrected chi connectivity index (χ2v) is 8.82. The van der Waals surface area contributed by atoms with Crippen molar-refractivity contribution in [2.45, 2.75) is 37.0 Å². The van der Waals surface area contributed by atoms with Crippen LogP contribution in [0.1, 0.15) is 12.0 Å². The van der Waals surface area contributed by atoms with E-state index in [1.807, 2.05) is 24.3 Å². The number of carboxylic acids is 1. The highest BCUT2D eigenvalue weighted by molar-refractivity contribution is 7.98. The summed E-state index contributed by atoms with van der Waals surface area (Å²) in [5.41, 5.74) is 7.16. The number of aromatic amines is 1. The van der Waals surface area contributed by atoms with E-state index in [1.165, 1.54) is 11.8 Å². The summed E-state index contributed by atoms with van der Waals surface area (Å²) >= 11 is 1.42. The molecule has 0 spiro atoms. The first-order valence-corrected chi connectivity index (χ1v) is 12.3. The van der Waals surface area contributed by atoms with E-state index in [1.54, 1.807) is 12.5 Å². The topological polar surface area (TPSA) is 207 Å². The van der Waals surface area contributed by atoms with E-state index in [-0.39, 0.29) is 12.8 Å². The molecule has 0 aliphatic heterocycles. The fourth-order valence-electron chi connectivity index (χ4n) is 3.33. The van der Waals surface area contributed by atoms with Crippen LogP contribution in [0.4, 0.5) is 0 Å². The molecule has 192 valence electrons. The predicted molar refractivity (Wildman–Crippen MR) is 131 cm³/mol. The molecule has 1 heterocycles. The number of aromatic nitrogens is 1. The molecule has 0 radical (unpaired) electrons. The van der Waals surface area contributed by atoms with Gasteiger partial charge < -0.3 is 42.0 Å². The Labute approximate surface area is 206 Å². The van der Waals surface area contributed by atoms with Gasteiger partial charge in [0.15, 0.2) is 0 Å². The lowest BCUT2D eigenvalue weighted by Crippen LogP contribution is -2.58. The molecule has 2 aromatic rings. The van der Waals surface area contributed by atoms with Crippen LogP contribution in [0.3, 0.4) is 0 Å². The Morgan fingerprint density at radius 3 is 2.23 bits per heavy atom. The average molecular weight is 510 g/mol. The first-order valence-electron chi connectivity index (χ1n) is 10.9. The van der Waals surface area contributed by atoms with Crippen LogP contribution < -0.4 is 21.7 Å². The van der Waals surface area contributed by atoms with Gasteiger partial charge in [0.1, 0.15) is 24.2 Å². The van der Waals surface area contributed by atoms with Crippen molar-refractivity contribution in [2.24, 2.45) is 5.73 Å². The highest BCUT2D eigenvalue weighted by atomic mass is 32.2. The van der Waals surface area contributed by atoms with Crippen molar-refractivity contribution in [3.05, 3.63) is 36.0 Å². The minimum Gasteiger partial charge on any atom is -0.480 e. The monoisotopic (exact) mass is 509 g/mol. The maximum atomic E-state index is 13.2. The number of para-hydroxylation sites is 1. The summed E-state index contributed by atoms with van der Waals surface area (Å²) in [5, 5.41) is 35.7. The van der Waals surface area contributed by atoms with Crippen molar-refractivity contribution >= 4 is 46.4 Å². The zero-order valence-electron chi connectivity index (χ0n) is 19.2. The molecule has 4 unspecified atom stereocenters. The van der Waals surface area contributed by atoms with Gasteiger partial charge in [-0.2, -0.15) is 11.8 Å². The van der Waals surface area contributed by atoms with E-state index in [0.717, 1.165) is 16.5 Å². The van der Waals surface area contributed by atoms with Crippen LogP contribution in [0, 0.1) is 0 Å². The number of aliphatic carboxylic acids is 1. The molecule has 1 aromatic carbocycles. The SMILES string of the molecule is CSCCC(NC(=O)C(Cc1c[nH]c2ccccc12)NC(=O)C(N)CO)C(=O)NC(CO)C(=O)O. The van der Waals surface area contributed by atoms with E-state index in [4.69, 9.17) is 10.8 Å². The molecule has 0 saturated carbocycles. The maximum absolute atomic E-state index is 13.2. The number of amides is 3. The largest absolute Gasteiger partial charge is 0.480 e. The second-order valence-electron chi connectivity index (χ2n) is 7.84. The standard InChI is InChI=1S/C22H31N5O7S/c1-35-7-6-16(20(31)27-18(11-29)22(33)34)25-21(32)17(26-19(30)14(23)10-28)8-12-9-24-15-5-3-2-4-13(12)15/h2-5,9,14,16-18,24,28-29H,6-8,10-11,23H2,1H3,(H,25,32)(H,26,30)(H,27,31)(H,33,34). The molecule has 3 amide bonds. The van der Waals surface area contributed by atoms with Crippen LogP contribution in [0.15, 0.2) is 30.5 Å². The number of hydrogen-bond acceptors (Lipinski definition) is 8. The molecule has 12 nitrogen and oxygen atoms in total. The van der Waals surface area contributed by atoms with Gasteiger partial charge in [0.05, 0.1) is 13.2 Å². The first-order chi connectivity index (χ1) is 16.7. The maximum Gasteiger partial charge on any atom is 0.328 e. The van der Waals surface area contributed by atoms with Crippen molar-refractivity contribution in [2.75, 3.05) is 25.2 Å². The number of H-pyrrole nitrogens is 1. The van der Waals surface area contributed by atoms with Gasteiger partial charge in [-0.1, -0.05) is 18.2 Å². The van der Waals surface area contributed by atoms with Crippen LogP contribution in [-0.4, -0.2) is 93.4 Å². The molecule has 13 heteroatoms. The molecule has 2 rings (SSSR count). The van der Waals surface area contributed by atoms with Crippen molar-refractivity contribution in [1.29, 1.82) is 0 Å². The fraction of sp³-hybridized carbons (Fsp3) is 0.455. The Bertz CT molecular complexity index is 1030. The number of aliphatic hydroxyl groups excluding tert-OH is 2. The van der Waals surface area contributed by atoms with Crippen LogP contribution >= 0.6 is 11.8 Å². The highest BCUT2D eigenvalue weighted by Crippen LogP contribution is 2.19. The van der Waals surface area contributed by atoms with E-state index in [0.29, 0.717) is 5.75 Å². The lowest BCUT2D eigenvalue weighted by atomic mass is 10.0. The van der Waals surface area contributed by atoms with Crippen LogP contribution in [0.5, 0.6) is 0 Å². The number of benzene rings is 1. The van der Waals surface area contributed by atoms with Crippen molar-refractivity contribution in [1.82, 2.24) is 20.9 Å². The number of carbonyl (C=O) groups is 4. The predicted octanol–water partition coefficient (Wildman–Crippen LogP) is -1.69. The summed E-state index contributed by atoms with van der Waals surface area (Å²) in [7, 11) is 0. The molecule has 0 bridgehead atoms. The van der Waals surface area contributed by atoms with Gasteiger partial charge >= 0.3 is 5.97 Å². The summed E-state index contributed by atoms with van der Waals surface area (Å²) in [6.07, 6.45) is 3.76. The number of carbonyl (C=O) groups excluding carboxylic acids is 3. The van der Waals surface area contributed by atoms with Gasteiger partial charge in [-0.25, -0.2) is 4.79 Å². The first kappa shape index (κ1) is 28.1. The van der Waals surface area contributed by atoms with Crippen LogP contribution in [0.2, 0.25) is 0 Å².